The molecule has 4 N–H and O–H groups in total. The Kier molecular flexibility index (Phi) is 5.99. The molecule has 1 aromatic rings. The van der Waals surface area contributed by atoms with E-state index in [1.807, 2.05) is 38.1 Å². The molecule has 0 unspecified atom stereocenters. The number of rotatable bonds is 5. The van der Waals surface area contributed by atoms with Gasteiger partial charge in [-0.1, -0.05) is 28.1 Å². The maximum Gasteiger partial charge on any atom is 0.0991 e. The molecule has 124 valence electrons. The fourth-order valence-corrected chi connectivity index (χ4v) is 3.27. The lowest BCUT2D eigenvalue weighted by atomic mass is 9.78. The minimum atomic E-state index is -0.790. The second kappa shape index (κ2) is 7.38. The van der Waals surface area contributed by atoms with Gasteiger partial charge in [0.05, 0.1) is 37.1 Å². The summed E-state index contributed by atoms with van der Waals surface area (Å²) in [4.78, 5) is 0. The molecular formula is C16H24BrNO4. The predicted molar refractivity (Wildman–Crippen MR) is 87.4 cm³/mol. The largest absolute Gasteiger partial charge is 0.396 e. The van der Waals surface area contributed by atoms with E-state index in [-0.39, 0.29) is 13.2 Å². The van der Waals surface area contributed by atoms with Crippen LogP contribution in [-0.2, 0) is 11.3 Å². The van der Waals surface area contributed by atoms with E-state index < -0.39 is 29.8 Å². The van der Waals surface area contributed by atoms with Gasteiger partial charge >= 0.3 is 0 Å². The van der Waals surface area contributed by atoms with Gasteiger partial charge in [-0.2, -0.15) is 0 Å². The number of aliphatic hydroxyl groups is 3. The van der Waals surface area contributed by atoms with Crippen LogP contribution >= 0.6 is 15.9 Å². The summed E-state index contributed by atoms with van der Waals surface area (Å²) < 4.78 is 6.88. The van der Waals surface area contributed by atoms with E-state index >= 15 is 0 Å². The molecule has 2 rings (SSSR count). The maximum absolute atomic E-state index is 10.6. The monoisotopic (exact) mass is 373 g/mol. The zero-order valence-electron chi connectivity index (χ0n) is 12.9. The van der Waals surface area contributed by atoms with E-state index in [1.54, 1.807) is 0 Å². The van der Waals surface area contributed by atoms with Crippen molar-refractivity contribution < 1.29 is 20.1 Å². The number of hydrogen-bond donors (Lipinski definition) is 4. The number of nitrogens with one attached hydrogen (secondary N) is 1. The highest BCUT2D eigenvalue weighted by Gasteiger charge is 2.48. The zero-order chi connectivity index (χ0) is 16.3. The van der Waals surface area contributed by atoms with Gasteiger partial charge in [0.25, 0.3) is 0 Å². The van der Waals surface area contributed by atoms with Crippen molar-refractivity contribution in [1.29, 1.82) is 0 Å². The SMILES string of the molecule is CC1(C)O[C@H](CO)[C@H](NCc2ccc(Br)cc2)[C@@H](O)[C@@H]1CO. The fourth-order valence-electron chi connectivity index (χ4n) is 3.00. The van der Waals surface area contributed by atoms with Gasteiger partial charge in [-0.15, -0.1) is 0 Å². The molecule has 1 saturated heterocycles. The third kappa shape index (κ3) is 3.88. The molecule has 0 aromatic heterocycles. The molecule has 1 fully saturated rings. The molecule has 0 amide bonds. The van der Waals surface area contributed by atoms with Crippen molar-refractivity contribution >= 4 is 15.9 Å². The predicted octanol–water partition coefficient (Wildman–Crippen LogP) is 1.05. The van der Waals surface area contributed by atoms with E-state index in [4.69, 9.17) is 4.74 Å². The quantitative estimate of drug-likeness (QED) is 0.620. The highest BCUT2D eigenvalue weighted by atomic mass is 79.9. The summed E-state index contributed by atoms with van der Waals surface area (Å²) in [7, 11) is 0. The van der Waals surface area contributed by atoms with Crippen LogP contribution in [0.25, 0.3) is 0 Å². The highest BCUT2D eigenvalue weighted by molar-refractivity contribution is 9.10. The van der Waals surface area contributed by atoms with E-state index in [0.717, 1.165) is 10.0 Å². The molecule has 0 saturated carbocycles. The standard InChI is InChI=1S/C16H24BrNO4/c1-16(2)12(8-19)15(21)14(13(9-20)22-16)18-7-10-3-5-11(17)6-4-10/h3-6,12-15,18-21H,7-9H2,1-2H3/t12-,13+,14-,15-/m0/s1. The molecule has 1 aliphatic heterocycles. The number of ether oxygens (including phenoxy) is 1. The maximum atomic E-state index is 10.6. The van der Waals surface area contributed by atoms with Gasteiger partial charge in [0.2, 0.25) is 0 Å². The molecule has 1 aromatic carbocycles. The highest BCUT2D eigenvalue weighted by Crippen LogP contribution is 2.34. The normalized spacial score (nSPS) is 31.2. The zero-order valence-corrected chi connectivity index (χ0v) is 14.5. The third-order valence-electron chi connectivity index (χ3n) is 4.36. The smallest absolute Gasteiger partial charge is 0.0991 e. The minimum absolute atomic E-state index is 0.164. The second-order valence-corrected chi connectivity index (χ2v) is 7.17. The van der Waals surface area contributed by atoms with Gasteiger partial charge < -0.3 is 25.4 Å². The molecule has 0 radical (unpaired) electrons. The van der Waals surface area contributed by atoms with E-state index in [1.165, 1.54) is 0 Å². The molecular weight excluding hydrogens is 350 g/mol. The van der Waals surface area contributed by atoms with Crippen LogP contribution in [0.3, 0.4) is 0 Å². The second-order valence-electron chi connectivity index (χ2n) is 6.26. The van der Waals surface area contributed by atoms with Gasteiger partial charge in [0.1, 0.15) is 0 Å². The minimum Gasteiger partial charge on any atom is -0.396 e. The van der Waals surface area contributed by atoms with E-state index in [0.29, 0.717) is 6.54 Å². The summed E-state index contributed by atoms with van der Waals surface area (Å²) in [5.74, 6) is -0.405. The van der Waals surface area contributed by atoms with Crippen LogP contribution < -0.4 is 5.32 Å². The molecule has 0 bridgehead atoms. The number of hydrogen-bond acceptors (Lipinski definition) is 5. The Bertz CT molecular complexity index is 480. The van der Waals surface area contributed by atoms with Crippen molar-refractivity contribution in [3.8, 4) is 0 Å². The van der Waals surface area contributed by atoms with Crippen LogP contribution in [0.4, 0.5) is 0 Å². The summed E-state index contributed by atoms with van der Waals surface area (Å²) in [5, 5.41) is 32.9. The first-order valence-corrected chi connectivity index (χ1v) is 8.23. The van der Waals surface area contributed by atoms with Crippen molar-refractivity contribution in [2.75, 3.05) is 13.2 Å². The first kappa shape index (κ1) is 17.8. The van der Waals surface area contributed by atoms with Crippen LogP contribution in [0.1, 0.15) is 19.4 Å². The topological polar surface area (TPSA) is 82.0 Å². The fraction of sp³-hybridized carbons (Fsp3) is 0.625. The number of halogens is 1. The van der Waals surface area contributed by atoms with Crippen LogP contribution in [0.2, 0.25) is 0 Å². The summed E-state index contributed by atoms with van der Waals surface area (Å²) in [5.41, 5.74) is 0.384. The summed E-state index contributed by atoms with van der Waals surface area (Å²) >= 11 is 3.39. The molecule has 1 heterocycles. The summed E-state index contributed by atoms with van der Waals surface area (Å²) in [6, 6.07) is 7.43. The molecule has 0 aliphatic carbocycles. The Labute approximate surface area is 139 Å². The Hall–Kier alpha value is -0.500. The number of aliphatic hydroxyl groups excluding tert-OH is 3. The molecule has 6 heteroatoms. The Morgan fingerprint density at radius 2 is 1.82 bits per heavy atom. The van der Waals surface area contributed by atoms with Crippen molar-refractivity contribution in [1.82, 2.24) is 5.32 Å². The summed E-state index contributed by atoms with van der Waals surface area (Å²) in [6.07, 6.45) is -1.30. The molecule has 1 aliphatic rings. The summed E-state index contributed by atoms with van der Waals surface area (Å²) in [6.45, 7) is 3.85. The van der Waals surface area contributed by atoms with Crippen molar-refractivity contribution in [3.63, 3.8) is 0 Å². The average molecular weight is 374 g/mol. The van der Waals surface area contributed by atoms with Crippen LogP contribution in [0.15, 0.2) is 28.7 Å². The number of benzene rings is 1. The van der Waals surface area contributed by atoms with Crippen molar-refractivity contribution in [2.45, 2.75) is 44.2 Å². The lowest BCUT2D eigenvalue weighted by Crippen LogP contribution is -2.64. The van der Waals surface area contributed by atoms with Gasteiger partial charge in [0.15, 0.2) is 0 Å². The molecule has 0 spiro atoms. The van der Waals surface area contributed by atoms with Gasteiger partial charge in [0, 0.05) is 16.9 Å². The van der Waals surface area contributed by atoms with Crippen molar-refractivity contribution in [2.24, 2.45) is 5.92 Å². The van der Waals surface area contributed by atoms with Crippen LogP contribution in [0, 0.1) is 5.92 Å². The Balaban J connectivity index is 2.08. The average Bonchev–Trinajstić information content (AvgIpc) is 2.47. The molecule has 22 heavy (non-hydrogen) atoms. The van der Waals surface area contributed by atoms with Crippen LogP contribution in [-0.4, -0.2) is 52.4 Å². The van der Waals surface area contributed by atoms with Crippen molar-refractivity contribution in [3.05, 3.63) is 34.3 Å². The third-order valence-corrected chi connectivity index (χ3v) is 4.89. The van der Waals surface area contributed by atoms with Gasteiger partial charge in [-0.25, -0.2) is 0 Å². The Morgan fingerprint density at radius 3 is 2.36 bits per heavy atom. The first-order valence-electron chi connectivity index (χ1n) is 7.44. The van der Waals surface area contributed by atoms with Gasteiger partial charge in [-0.05, 0) is 31.5 Å². The lowest BCUT2D eigenvalue weighted by Gasteiger charge is -2.49. The van der Waals surface area contributed by atoms with Crippen LogP contribution in [0.5, 0.6) is 0 Å². The Morgan fingerprint density at radius 1 is 1.18 bits per heavy atom. The molecule has 5 nitrogen and oxygen atoms in total. The molecule has 4 atom stereocenters. The van der Waals surface area contributed by atoms with E-state index in [2.05, 4.69) is 21.2 Å². The lowest BCUT2D eigenvalue weighted by molar-refractivity contribution is -0.215. The van der Waals surface area contributed by atoms with Gasteiger partial charge in [-0.3, -0.25) is 0 Å². The van der Waals surface area contributed by atoms with E-state index in [9.17, 15) is 15.3 Å². The first-order chi connectivity index (χ1) is 10.4.